The molecule has 5 nitrogen and oxygen atoms in total. The lowest BCUT2D eigenvalue weighted by atomic mass is 10.1. The molecule has 1 aliphatic rings. The number of ether oxygens (including phenoxy) is 1. The van der Waals surface area contributed by atoms with E-state index in [1.807, 2.05) is 0 Å². The summed E-state index contributed by atoms with van der Waals surface area (Å²) < 4.78 is 81.9. The summed E-state index contributed by atoms with van der Waals surface area (Å²) in [6, 6.07) is 4.53. The third kappa shape index (κ3) is 3.03. The van der Waals surface area contributed by atoms with Crippen LogP contribution in [0, 0.1) is 0 Å². The van der Waals surface area contributed by atoms with Gasteiger partial charge >= 0.3 is 12.4 Å². The second-order valence-electron chi connectivity index (χ2n) is 4.88. The summed E-state index contributed by atoms with van der Waals surface area (Å²) >= 11 is 0. The fraction of sp³-hybridized carbons (Fsp3) is 0.385. The third-order valence-electron chi connectivity index (χ3n) is 3.30. The van der Waals surface area contributed by atoms with Gasteiger partial charge < -0.3 is 9.84 Å². The van der Waals surface area contributed by atoms with Gasteiger partial charge in [-0.05, 0) is 24.3 Å². The van der Waals surface area contributed by atoms with Gasteiger partial charge in [-0.2, -0.15) is 36.5 Å². The number of halogens is 6. The number of hydrogen-bond donors (Lipinski definition) is 1. The molecule has 1 atom stereocenters. The van der Waals surface area contributed by atoms with Crippen molar-refractivity contribution in [3.05, 3.63) is 29.8 Å². The summed E-state index contributed by atoms with van der Waals surface area (Å²) in [6.07, 6.45) is -12.7. The van der Waals surface area contributed by atoms with Crippen LogP contribution >= 0.6 is 0 Å². The predicted molar refractivity (Wildman–Crippen MR) is 68.3 cm³/mol. The van der Waals surface area contributed by atoms with Crippen LogP contribution in [0.5, 0.6) is 5.75 Å². The Morgan fingerprint density at radius 2 is 1.75 bits per heavy atom. The molecule has 1 heterocycles. The Balaban J connectivity index is 2.45. The summed E-state index contributed by atoms with van der Waals surface area (Å²) in [5.74, 6) is -1.25. The quantitative estimate of drug-likeness (QED) is 0.829. The molecule has 1 aromatic carbocycles. The number of methoxy groups -OCH3 is 1. The SMILES string of the molecule is COc1ccc(C(=O)N2N=C(C(F)(F)F)C[C@]2(O)C(F)(F)F)cc1. The molecule has 0 spiro atoms. The molecule has 1 aliphatic heterocycles. The first-order chi connectivity index (χ1) is 10.9. The van der Waals surface area contributed by atoms with Crippen LogP contribution in [0.3, 0.4) is 0 Å². The van der Waals surface area contributed by atoms with Gasteiger partial charge in [0, 0.05) is 5.56 Å². The Hall–Kier alpha value is -2.30. The van der Waals surface area contributed by atoms with E-state index < -0.39 is 46.7 Å². The summed E-state index contributed by atoms with van der Waals surface area (Å²) in [6.45, 7) is 0. The van der Waals surface area contributed by atoms with Crippen LogP contribution in [0.2, 0.25) is 0 Å². The molecule has 0 bridgehead atoms. The minimum atomic E-state index is -5.54. The Bertz CT molecular complexity index is 668. The minimum absolute atomic E-state index is 0.276. The number of alkyl halides is 6. The van der Waals surface area contributed by atoms with E-state index in [9.17, 15) is 36.2 Å². The number of rotatable bonds is 2. The largest absolute Gasteiger partial charge is 0.497 e. The first-order valence-electron chi connectivity index (χ1n) is 6.32. The predicted octanol–water partition coefficient (Wildman–Crippen LogP) is 2.71. The third-order valence-corrected chi connectivity index (χ3v) is 3.30. The Kier molecular flexibility index (Phi) is 4.25. The molecule has 0 radical (unpaired) electrons. The standard InChI is InChI=1S/C13H10F6N2O3/c1-24-8-4-2-7(3-5-8)10(22)21-11(23,13(17,18)19)6-9(20-21)12(14,15)16/h2-5,23H,6H2,1H3/t11-/m0/s1. The fourth-order valence-electron chi connectivity index (χ4n) is 1.99. The van der Waals surface area contributed by atoms with Crippen molar-refractivity contribution in [2.45, 2.75) is 24.5 Å². The van der Waals surface area contributed by atoms with Crippen LogP contribution in [0.25, 0.3) is 0 Å². The highest BCUT2D eigenvalue weighted by atomic mass is 19.4. The molecular weight excluding hydrogens is 346 g/mol. The molecule has 24 heavy (non-hydrogen) atoms. The monoisotopic (exact) mass is 356 g/mol. The average Bonchev–Trinajstić information content (AvgIpc) is 2.86. The van der Waals surface area contributed by atoms with E-state index in [4.69, 9.17) is 4.74 Å². The second-order valence-corrected chi connectivity index (χ2v) is 4.88. The molecule has 2 rings (SSSR count). The van der Waals surface area contributed by atoms with E-state index in [0.29, 0.717) is 0 Å². The Morgan fingerprint density at radius 3 is 2.17 bits per heavy atom. The number of aliphatic hydroxyl groups is 1. The molecule has 1 amide bonds. The van der Waals surface area contributed by atoms with Gasteiger partial charge in [0.05, 0.1) is 13.5 Å². The van der Waals surface area contributed by atoms with Gasteiger partial charge in [0.2, 0.25) is 0 Å². The van der Waals surface area contributed by atoms with E-state index >= 15 is 0 Å². The van der Waals surface area contributed by atoms with Crippen LogP contribution < -0.4 is 4.74 Å². The average molecular weight is 356 g/mol. The topological polar surface area (TPSA) is 62.1 Å². The van der Waals surface area contributed by atoms with Crippen LogP contribution in [0.1, 0.15) is 16.8 Å². The zero-order valence-electron chi connectivity index (χ0n) is 11.9. The van der Waals surface area contributed by atoms with Gasteiger partial charge in [-0.1, -0.05) is 0 Å². The molecule has 1 N–H and O–H groups in total. The molecule has 0 saturated carbocycles. The zero-order valence-corrected chi connectivity index (χ0v) is 11.9. The van der Waals surface area contributed by atoms with Crippen LogP contribution in [0.15, 0.2) is 29.4 Å². The highest BCUT2D eigenvalue weighted by molar-refractivity contribution is 5.99. The van der Waals surface area contributed by atoms with Gasteiger partial charge in [-0.25, -0.2) is 0 Å². The number of carbonyl (C=O) groups is 1. The number of amides is 1. The first-order valence-corrected chi connectivity index (χ1v) is 6.32. The summed E-state index contributed by atoms with van der Waals surface area (Å²) in [5, 5.41) is 11.8. The van der Waals surface area contributed by atoms with Crippen LogP contribution in [-0.4, -0.2) is 46.9 Å². The lowest BCUT2D eigenvalue weighted by Crippen LogP contribution is -2.56. The molecular formula is C13H10F6N2O3. The Labute approximate surface area is 131 Å². The van der Waals surface area contributed by atoms with Crippen LogP contribution in [-0.2, 0) is 0 Å². The Morgan fingerprint density at radius 1 is 1.21 bits per heavy atom. The highest BCUT2D eigenvalue weighted by Crippen LogP contribution is 2.43. The molecule has 11 heteroatoms. The smallest absolute Gasteiger partial charge is 0.438 e. The minimum Gasteiger partial charge on any atom is -0.497 e. The van der Waals surface area contributed by atoms with E-state index in [1.54, 1.807) is 0 Å². The van der Waals surface area contributed by atoms with E-state index in [2.05, 4.69) is 5.10 Å². The van der Waals surface area contributed by atoms with Crippen molar-refractivity contribution < 1.29 is 41.0 Å². The maximum absolute atomic E-state index is 13.0. The van der Waals surface area contributed by atoms with E-state index in [0.717, 1.165) is 12.1 Å². The molecule has 0 aromatic heterocycles. The van der Waals surface area contributed by atoms with Crippen molar-refractivity contribution in [1.82, 2.24) is 5.01 Å². The van der Waals surface area contributed by atoms with Crippen molar-refractivity contribution >= 4 is 11.6 Å². The summed E-state index contributed by atoms with van der Waals surface area (Å²) in [5.41, 5.74) is -6.37. The van der Waals surface area contributed by atoms with Gasteiger partial charge in [-0.3, -0.25) is 4.79 Å². The van der Waals surface area contributed by atoms with Crippen molar-refractivity contribution in [1.29, 1.82) is 0 Å². The zero-order chi connectivity index (χ0) is 18.3. The number of carbonyl (C=O) groups excluding carboxylic acids is 1. The van der Waals surface area contributed by atoms with Crippen molar-refractivity contribution in [2.24, 2.45) is 5.10 Å². The summed E-state index contributed by atoms with van der Waals surface area (Å²) in [4.78, 5) is 12.1. The van der Waals surface area contributed by atoms with Gasteiger partial charge in [0.1, 0.15) is 11.5 Å². The lowest BCUT2D eigenvalue weighted by molar-refractivity contribution is -0.297. The van der Waals surface area contributed by atoms with Gasteiger partial charge in [0.15, 0.2) is 0 Å². The lowest BCUT2D eigenvalue weighted by Gasteiger charge is -2.32. The highest BCUT2D eigenvalue weighted by Gasteiger charge is 2.66. The van der Waals surface area contributed by atoms with Crippen molar-refractivity contribution in [2.75, 3.05) is 7.11 Å². The van der Waals surface area contributed by atoms with E-state index in [-0.39, 0.29) is 5.75 Å². The second kappa shape index (κ2) is 5.65. The van der Waals surface area contributed by atoms with E-state index in [1.165, 1.54) is 19.2 Å². The van der Waals surface area contributed by atoms with Crippen molar-refractivity contribution in [3.63, 3.8) is 0 Å². The number of nitrogens with zero attached hydrogens (tertiary/aromatic N) is 2. The maximum atomic E-state index is 13.0. The number of hydrazone groups is 1. The molecule has 0 fully saturated rings. The molecule has 0 saturated heterocycles. The molecule has 0 unspecified atom stereocenters. The van der Waals surface area contributed by atoms with Gasteiger partial charge in [-0.15, -0.1) is 0 Å². The normalized spacial score (nSPS) is 21.7. The fourth-order valence-corrected chi connectivity index (χ4v) is 1.99. The summed E-state index contributed by atoms with van der Waals surface area (Å²) in [7, 11) is 1.31. The van der Waals surface area contributed by atoms with Crippen molar-refractivity contribution in [3.8, 4) is 5.75 Å². The maximum Gasteiger partial charge on any atom is 0.438 e. The molecule has 0 aliphatic carbocycles. The molecule has 132 valence electrons. The van der Waals surface area contributed by atoms with Gasteiger partial charge in [0.25, 0.3) is 11.6 Å². The molecule has 1 aromatic rings. The number of benzene rings is 1. The number of hydrogen-bond acceptors (Lipinski definition) is 4. The first kappa shape index (κ1) is 18.0. The van der Waals surface area contributed by atoms with Crippen LogP contribution in [0.4, 0.5) is 26.3 Å².